The summed E-state index contributed by atoms with van der Waals surface area (Å²) < 4.78 is 27.8. The van der Waals surface area contributed by atoms with Gasteiger partial charge in [0.25, 0.3) is 5.91 Å². The molecule has 4 rings (SSSR count). The molecule has 4 nitrogen and oxygen atoms in total. The van der Waals surface area contributed by atoms with Crippen molar-refractivity contribution in [1.82, 2.24) is 14.8 Å². The van der Waals surface area contributed by atoms with Gasteiger partial charge in [-0.2, -0.15) is 4.39 Å². The van der Waals surface area contributed by atoms with E-state index in [2.05, 4.69) is 16.8 Å². The predicted octanol–water partition coefficient (Wildman–Crippen LogP) is 4.12. The quantitative estimate of drug-likeness (QED) is 0.743. The zero-order chi connectivity index (χ0) is 19.7. The SMILES string of the molecule is C[C@@H]1CCCN1C[C@@H]1CCCN1C(=O)c1ccc(-c2ccc(F)nc2)cc1F. The molecule has 0 radical (unpaired) electrons. The van der Waals surface area contributed by atoms with Crippen molar-refractivity contribution in [3.63, 3.8) is 0 Å². The molecule has 0 unspecified atom stereocenters. The lowest BCUT2D eigenvalue weighted by Crippen LogP contribution is -2.44. The van der Waals surface area contributed by atoms with Crippen molar-refractivity contribution in [3.8, 4) is 11.1 Å². The van der Waals surface area contributed by atoms with Crippen LogP contribution in [0.25, 0.3) is 11.1 Å². The van der Waals surface area contributed by atoms with Crippen molar-refractivity contribution in [2.45, 2.75) is 44.7 Å². The largest absolute Gasteiger partial charge is 0.334 e. The van der Waals surface area contributed by atoms with E-state index in [0.717, 1.165) is 25.9 Å². The maximum absolute atomic E-state index is 14.8. The van der Waals surface area contributed by atoms with Gasteiger partial charge >= 0.3 is 0 Å². The van der Waals surface area contributed by atoms with Crippen molar-refractivity contribution in [2.75, 3.05) is 19.6 Å². The maximum atomic E-state index is 14.8. The number of benzene rings is 1. The number of hydrogen-bond acceptors (Lipinski definition) is 3. The van der Waals surface area contributed by atoms with Crippen molar-refractivity contribution in [2.24, 2.45) is 0 Å². The van der Waals surface area contributed by atoms with Gasteiger partial charge in [0.1, 0.15) is 5.82 Å². The third kappa shape index (κ3) is 3.78. The van der Waals surface area contributed by atoms with Crippen LogP contribution in [-0.2, 0) is 0 Å². The minimum Gasteiger partial charge on any atom is -0.334 e. The first kappa shape index (κ1) is 19.0. The van der Waals surface area contributed by atoms with Crippen LogP contribution in [0.1, 0.15) is 43.0 Å². The normalized spacial score (nSPS) is 22.8. The van der Waals surface area contributed by atoms with Crippen LogP contribution in [0.4, 0.5) is 8.78 Å². The summed E-state index contributed by atoms with van der Waals surface area (Å²) in [6, 6.07) is 8.04. The number of carbonyl (C=O) groups is 1. The summed E-state index contributed by atoms with van der Waals surface area (Å²) in [5.74, 6) is -1.37. The van der Waals surface area contributed by atoms with Gasteiger partial charge in [-0.3, -0.25) is 9.69 Å². The van der Waals surface area contributed by atoms with Gasteiger partial charge in [-0.1, -0.05) is 6.07 Å². The van der Waals surface area contributed by atoms with Gasteiger partial charge in [-0.15, -0.1) is 0 Å². The van der Waals surface area contributed by atoms with Gasteiger partial charge in [0, 0.05) is 36.9 Å². The molecule has 0 saturated carbocycles. The van der Waals surface area contributed by atoms with E-state index in [1.54, 1.807) is 12.1 Å². The molecular formula is C22H25F2N3O. The average molecular weight is 385 g/mol. The van der Waals surface area contributed by atoms with Gasteiger partial charge < -0.3 is 4.90 Å². The second-order valence-corrected chi connectivity index (χ2v) is 7.85. The van der Waals surface area contributed by atoms with Crippen molar-refractivity contribution >= 4 is 5.91 Å². The van der Waals surface area contributed by atoms with Crippen LogP contribution in [0.2, 0.25) is 0 Å². The summed E-state index contributed by atoms with van der Waals surface area (Å²) in [6.07, 6.45) is 5.69. The van der Waals surface area contributed by atoms with Crippen LogP contribution in [0.3, 0.4) is 0 Å². The first-order chi connectivity index (χ1) is 13.5. The summed E-state index contributed by atoms with van der Waals surface area (Å²) in [5.41, 5.74) is 1.28. The molecule has 2 aliphatic heterocycles. The number of rotatable bonds is 4. The van der Waals surface area contributed by atoms with Crippen LogP contribution in [0, 0.1) is 11.8 Å². The summed E-state index contributed by atoms with van der Waals surface area (Å²) in [5, 5.41) is 0. The molecule has 28 heavy (non-hydrogen) atoms. The zero-order valence-corrected chi connectivity index (χ0v) is 16.1. The molecule has 0 N–H and O–H groups in total. The Morgan fingerprint density at radius 3 is 2.57 bits per heavy atom. The molecule has 148 valence electrons. The number of hydrogen-bond donors (Lipinski definition) is 0. The number of nitrogens with zero attached hydrogens (tertiary/aromatic N) is 3. The first-order valence-electron chi connectivity index (χ1n) is 9.99. The van der Waals surface area contributed by atoms with Crippen molar-refractivity contribution in [3.05, 3.63) is 53.9 Å². The highest BCUT2D eigenvalue weighted by Crippen LogP contribution is 2.27. The molecule has 2 aromatic rings. The zero-order valence-electron chi connectivity index (χ0n) is 16.1. The van der Waals surface area contributed by atoms with Gasteiger partial charge in [-0.05, 0) is 69.0 Å². The third-order valence-electron chi connectivity index (χ3n) is 6.03. The van der Waals surface area contributed by atoms with E-state index >= 15 is 0 Å². The van der Waals surface area contributed by atoms with E-state index in [4.69, 9.17) is 0 Å². The van der Waals surface area contributed by atoms with Crippen LogP contribution in [-0.4, -0.2) is 52.4 Å². The van der Waals surface area contributed by atoms with E-state index in [-0.39, 0.29) is 17.5 Å². The molecule has 0 bridgehead atoms. The summed E-state index contributed by atoms with van der Waals surface area (Å²) in [6.45, 7) is 4.86. The van der Waals surface area contributed by atoms with Gasteiger partial charge in [0.2, 0.25) is 5.95 Å². The van der Waals surface area contributed by atoms with Crippen LogP contribution >= 0.6 is 0 Å². The van der Waals surface area contributed by atoms with E-state index in [9.17, 15) is 13.6 Å². The molecule has 0 aliphatic carbocycles. The Morgan fingerprint density at radius 1 is 1.11 bits per heavy atom. The smallest absolute Gasteiger partial charge is 0.257 e. The highest BCUT2D eigenvalue weighted by atomic mass is 19.1. The Hall–Kier alpha value is -2.34. The summed E-state index contributed by atoms with van der Waals surface area (Å²) in [7, 11) is 0. The minimum absolute atomic E-state index is 0.0974. The van der Waals surface area contributed by atoms with E-state index in [0.29, 0.717) is 23.7 Å². The third-order valence-corrected chi connectivity index (χ3v) is 6.03. The lowest BCUT2D eigenvalue weighted by atomic mass is 10.0. The molecule has 2 aliphatic rings. The number of carbonyl (C=O) groups excluding carboxylic acids is 1. The van der Waals surface area contributed by atoms with E-state index in [1.807, 2.05) is 4.90 Å². The highest BCUT2D eigenvalue weighted by molar-refractivity contribution is 5.95. The van der Waals surface area contributed by atoms with Crippen LogP contribution in [0.5, 0.6) is 0 Å². The number of amides is 1. The molecule has 1 amide bonds. The summed E-state index contributed by atoms with van der Waals surface area (Å²) in [4.78, 5) is 20.9. The van der Waals surface area contributed by atoms with Gasteiger partial charge in [-0.25, -0.2) is 9.37 Å². The monoisotopic (exact) mass is 385 g/mol. The van der Waals surface area contributed by atoms with E-state index in [1.165, 1.54) is 37.2 Å². The van der Waals surface area contributed by atoms with Crippen molar-refractivity contribution < 1.29 is 13.6 Å². The average Bonchev–Trinajstić information content (AvgIpc) is 3.31. The Labute approximate surface area is 164 Å². The standard InChI is InChI=1S/C22H25F2N3O/c1-15-4-2-10-26(15)14-18-5-3-11-27(18)22(28)19-8-6-16(12-20(19)23)17-7-9-21(24)25-13-17/h6-9,12-13,15,18H,2-5,10-11,14H2,1H3/t15-,18+/m1/s1. The van der Waals surface area contributed by atoms with Crippen molar-refractivity contribution in [1.29, 1.82) is 0 Å². The fraction of sp³-hybridized carbons (Fsp3) is 0.455. The molecule has 2 atom stereocenters. The Morgan fingerprint density at radius 2 is 1.89 bits per heavy atom. The Balaban J connectivity index is 1.51. The van der Waals surface area contributed by atoms with Crippen LogP contribution in [0.15, 0.2) is 36.5 Å². The lowest BCUT2D eigenvalue weighted by molar-refractivity contribution is 0.0692. The number of likely N-dealkylation sites (tertiary alicyclic amines) is 2. The highest BCUT2D eigenvalue weighted by Gasteiger charge is 2.33. The number of pyridine rings is 1. The molecular weight excluding hydrogens is 360 g/mol. The number of halogens is 2. The molecule has 0 spiro atoms. The second-order valence-electron chi connectivity index (χ2n) is 7.85. The Kier molecular flexibility index (Phi) is 5.40. The molecule has 2 fully saturated rings. The van der Waals surface area contributed by atoms with Gasteiger partial charge in [0.15, 0.2) is 0 Å². The van der Waals surface area contributed by atoms with E-state index < -0.39 is 11.8 Å². The second kappa shape index (κ2) is 7.95. The fourth-order valence-corrected chi connectivity index (χ4v) is 4.40. The van der Waals surface area contributed by atoms with Crippen LogP contribution < -0.4 is 0 Å². The Bertz CT molecular complexity index is 855. The maximum Gasteiger partial charge on any atom is 0.257 e. The molecule has 2 saturated heterocycles. The summed E-state index contributed by atoms with van der Waals surface area (Å²) >= 11 is 0. The molecule has 3 heterocycles. The first-order valence-corrected chi connectivity index (χ1v) is 9.99. The minimum atomic E-state index is -0.580. The lowest BCUT2D eigenvalue weighted by Gasteiger charge is -2.31. The van der Waals surface area contributed by atoms with Gasteiger partial charge in [0.05, 0.1) is 5.56 Å². The fourth-order valence-electron chi connectivity index (χ4n) is 4.40. The predicted molar refractivity (Wildman–Crippen MR) is 104 cm³/mol. The molecule has 6 heteroatoms. The topological polar surface area (TPSA) is 36.4 Å². The molecule has 1 aromatic heterocycles. The number of aromatic nitrogens is 1. The molecule has 1 aromatic carbocycles.